The molecule has 1 fully saturated rings. The predicted octanol–water partition coefficient (Wildman–Crippen LogP) is 4.25. The number of carbonyl (C=O) groups is 1. The number of nitrogens with zero attached hydrogens (tertiary/aromatic N) is 1. The molecule has 0 amide bonds. The second-order valence-corrected chi connectivity index (χ2v) is 6.58. The second kappa shape index (κ2) is 9.66. The van der Waals surface area contributed by atoms with Gasteiger partial charge in [-0.2, -0.15) is 17.6 Å². The number of carboxylic acids is 1. The maximum atomic E-state index is 12.5. The highest BCUT2D eigenvalue weighted by Gasteiger charge is 2.34. The Bertz CT molecular complexity index is 832. The topological polar surface area (TPSA) is 68.2 Å². The Morgan fingerprint density at radius 3 is 2.20 bits per heavy atom. The van der Waals surface area contributed by atoms with Gasteiger partial charge in [-0.15, -0.1) is 0 Å². The van der Waals surface area contributed by atoms with Gasteiger partial charge in [0.05, 0.1) is 24.8 Å². The molecule has 10 heteroatoms. The minimum atomic E-state index is -2.93. The van der Waals surface area contributed by atoms with Crippen molar-refractivity contribution in [2.75, 3.05) is 18.1 Å². The van der Waals surface area contributed by atoms with Crippen molar-refractivity contribution in [3.8, 4) is 11.5 Å². The van der Waals surface area contributed by atoms with Gasteiger partial charge in [0.15, 0.2) is 0 Å². The molecule has 0 radical (unpaired) electrons. The fraction of sp³-hybridized carbons (Fsp3) is 0.350. The second-order valence-electron chi connectivity index (χ2n) is 6.58. The third kappa shape index (κ3) is 5.76. The molecule has 1 aliphatic rings. The SMILES string of the molecule is O=C(O)c1ccc(N2C[C@@H](Oc3ccc(OC(F)F)cc3)C[C@H]2COC(F)F)cc1. The highest BCUT2D eigenvalue weighted by molar-refractivity contribution is 5.88. The molecule has 6 nitrogen and oxygen atoms in total. The molecule has 0 bridgehead atoms. The van der Waals surface area contributed by atoms with Crippen molar-refractivity contribution >= 4 is 11.7 Å². The third-order valence-corrected chi connectivity index (χ3v) is 4.59. The van der Waals surface area contributed by atoms with Gasteiger partial charge in [-0.05, 0) is 48.5 Å². The maximum Gasteiger partial charge on any atom is 0.387 e. The van der Waals surface area contributed by atoms with Gasteiger partial charge in [0, 0.05) is 12.1 Å². The molecule has 0 aliphatic carbocycles. The standard InChI is InChI=1S/C20H19F4NO5/c21-19(22)28-11-14-9-17(29-15-5-7-16(8-6-15)30-20(23)24)10-25(14)13-3-1-12(2-4-13)18(26)27/h1-8,14,17,19-20H,9-11H2,(H,26,27)/t14-,17-/m0/s1. The van der Waals surface area contributed by atoms with E-state index in [0.717, 1.165) is 0 Å². The number of hydrogen-bond acceptors (Lipinski definition) is 5. The Morgan fingerprint density at radius 1 is 1.00 bits per heavy atom. The van der Waals surface area contributed by atoms with Crippen molar-refractivity contribution < 1.29 is 41.7 Å². The Morgan fingerprint density at radius 2 is 1.63 bits per heavy atom. The Balaban J connectivity index is 1.70. The monoisotopic (exact) mass is 429 g/mol. The smallest absolute Gasteiger partial charge is 0.387 e. The first-order valence-electron chi connectivity index (χ1n) is 9.03. The number of hydrogen-bond donors (Lipinski definition) is 1. The molecule has 1 saturated heterocycles. The Hall–Kier alpha value is -3.01. The molecule has 0 spiro atoms. The van der Waals surface area contributed by atoms with Crippen LogP contribution >= 0.6 is 0 Å². The summed E-state index contributed by atoms with van der Waals surface area (Å²) in [4.78, 5) is 12.8. The Labute approximate surface area is 169 Å². The summed E-state index contributed by atoms with van der Waals surface area (Å²) < 4.78 is 64.2. The Kier molecular flexibility index (Phi) is 6.99. The van der Waals surface area contributed by atoms with Gasteiger partial charge in [0.2, 0.25) is 0 Å². The summed E-state index contributed by atoms with van der Waals surface area (Å²) in [6.07, 6.45) is 0.000157. The summed E-state index contributed by atoms with van der Waals surface area (Å²) in [6, 6.07) is 11.3. The average Bonchev–Trinajstić information content (AvgIpc) is 3.10. The van der Waals surface area contributed by atoms with E-state index >= 15 is 0 Å². The molecule has 0 unspecified atom stereocenters. The van der Waals surface area contributed by atoms with E-state index in [1.165, 1.54) is 36.4 Å². The van der Waals surface area contributed by atoms with Gasteiger partial charge in [0.1, 0.15) is 17.6 Å². The molecular weight excluding hydrogens is 410 g/mol. The zero-order chi connectivity index (χ0) is 21.7. The lowest BCUT2D eigenvalue weighted by Gasteiger charge is -2.26. The summed E-state index contributed by atoms with van der Waals surface area (Å²) in [6.45, 7) is -5.73. The highest BCUT2D eigenvalue weighted by Crippen LogP contribution is 2.30. The van der Waals surface area contributed by atoms with Crippen LogP contribution < -0.4 is 14.4 Å². The molecule has 162 valence electrons. The van der Waals surface area contributed by atoms with Crippen LogP contribution in [0.5, 0.6) is 11.5 Å². The lowest BCUT2D eigenvalue weighted by molar-refractivity contribution is -0.131. The molecule has 30 heavy (non-hydrogen) atoms. The maximum absolute atomic E-state index is 12.5. The predicted molar refractivity (Wildman–Crippen MR) is 98.6 cm³/mol. The van der Waals surface area contributed by atoms with Gasteiger partial charge >= 0.3 is 19.2 Å². The number of ether oxygens (including phenoxy) is 3. The molecule has 1 aliphatic heterocycles. The number of halogens is 4. The summed E-state index contributed by atoms with van der Waals surface area (Å²) in [7, 11) is 0. The minimum Gasteiger partial charge on any atom is -0.489 e. The number of alkyl halides is 4. The van der Waals surface area contributed by atoms with Crippen LogP contribution in [0, 0.1) is 0 Å². The third-order valence-electron chi connectivity index (χ3n) is 4.59. The van der Waals surface area contributed by atoms with Crippen LogP contribution in [0.25, 0.3) is 0 Å². The first-order chi connectivity index (χ1) is 14.3. The van der Waals surface area contributed by atoms with Crippen molar-refractivity contribution in [2.45, 2.75) is 31.8 Å². The van der Waals surface area contributed by atoms with E-state index in [1.54, 1.807) is 12.1 Å². The number of rotatable bonds is 9. The van der Waals surface area contributed by atoms with Crippen LogP contribution in [0.4, 0.5) is 23.2 Å². The summed E-state index contributed by atoms with van der Waals surface area (Å²) in [5, 5.41) is 9.02. The number of aromatic carboxylic acids is 1. The van der Waals surface area contributed by atoms with E-state index in [1.807, 2.05) is 4.90 Å². The van der Waals surface area contributed by atoms with Crippen LogP contribution in [0.15, 0.2) is 48.5 Å². The molecule has 0 saturated carbocycles. The van der Waals surface area contributed by atoms with Crippen molar-refractivity contribution in [1.29, 1.82) is 0 Å². The van der Waals surface area contributed by atoms with Crippen LogP contribution in [0.3, 0.4) is 0 Å². The van der Waals surface area contributed by atoms with E-state index in [0.29, 0.717) is 24.4 Å². The summed E-state index contributed by atoms with van der Waals surface area (Å²) in [5.74, 6) is -0.661. The van der Waals surface area contributed by atoms with Crippen LogP contribution in [0.1, 0.15) is 16.8 Å². The average molecular weight is 429 g/mol. The summed E-state index contributed by atoms with van der Waals surface area (Å²) in [5.41, 5.74) is 0.756. The van der Waals surface area contributed by atoms with Crippen molar-refractivity contribution in [2.24, 2.45) is 0 Å². The van der Waals surface area contributed by atoms with E-state index in [-0.39, 0.29) is 24.0 Å². The van der Waals surface area contributed by atoms with Crippen molar-refractivity contribution in [3.05, 3.63) is 54.1 Å². The lowest BCUT2D eigenvalue weighted by Crippen LogP contribution is -2.34. The molecule has 1 heterocycles. The molecule has 2 aromatic carbocycles. The zero-order valence-electron chi connectivity index (χ0n) is 15.6. The zero-order valence-corrected chi connectivity index (χ0v) is 15.6. The van der Waals surface area contributed by atoms with Gasteiger partial charge in [-0.3, -0.25) is 0 Å². The fourth-order valence-electron chi connectivity index (χ4n) is 3.30. The number of anilines is 1. The van der Waals surface area contributed by atoms with Gasteiger partial charge in [-0.25, -0.2) is 4.79 Å². The van der Waals surface area contributed by atoms with Gasteiger partial charge in [0.25, 0.3) is 0 Å². The van der Waals surface area contributed by atoms with Crippen molar-refractivity contribution in [1.82, 2.24) is 0 Å². The lowest BCUT2D eigenvalue weighted by atomic mass is 10.1. The molecule has 2 aromatic rings. The van der Waals surface area contributed by atoms with Crippen molar-refractivity contribution in [3.63, 3.8) is 0 Å². The van der Waals surface area contributed by atoms with Gasteiger partial charge < -0.3 is 24.2 Å². The van der Waals surface area contributed by atoms with Crippen LogP contribution in [-0.2, 0) is 4.74 Å². The normalized spacial score (nSPS) is 18.8. The fourth-order valence-corrected chi connectivity index (χ4v) is 3.30. The minimum absolute atomic E-state index is 0.00729. The summed E-state index contributed by atoms with van der Waals surface area (Å²) >= 11 is 0. The first-order valence-corrected chi connectivity index (χ1v) is 9.03. The van der Waals surface area contributed by atoms with E-state index in [9.17, 15) is 22.4 Å². The molecular formula is C20H19F4NO5. The number of benzene rings is 2. The van der Waals surface area contributed by atoms with E-state index in [4.69, 9.17) is 9.84 Å². The van der Waals surface area contributed by atoms with Crippen LogP contribution in [-0.4, -0.2) is 49.6 Å². The number of carboxylic acid groups (broad SMARTS) is 1. The van der Waals surface area contributed by atoms with Crippen LogP contribution in [0.2, 0.25) is 0 Å². The molecule has 2 atom stereocenters. The quantitative estimate of drug-likeness (QED) is 0.601. The van der Waals surface area contributed by atoms with E-state index in [2.05, 4.69) is 9.47 Å². The molecule has 0 aromatic heterocycles. The first kappa shape index (κ1) is 21.7. The largest absolute Gasteiger partial charge is 0.489 e. The highest BCUT2D eigenvalue weighted by atomic mass is 19.3. The van der Waals surface area contributed by atoms with Gasteiger partial charge in [-0.1, -0.05) is 0 Å². The molecule has 1 N–H and O–H groups in total. The molecule has 3 rings (SSSR count). The van der Waals surface area contributed by atoms with E-state index < -0.39 is 25.2 Å².